The van der Waals surface area contributed by atoms with Crippen LogP contribution >= 0.6 is 0 Å². The van der Waals surface area contributed by atoms with Gasteiger partial charge in [-0.1, -0.05) is 30.3 Å². The Bertz CT molecular complexity index is 466. The Labute approximate surface area is 107 Å². The number of benzene rings is 1. The Morgan fingerprint density at radius 3 is 2.89 bits per heavy atom. The summed E-state index contributed by atoms with van der Waals surface area (Å²) >= 11 is 0. The molecule has 4 nitrogen and oxygen atoms in total. The van der Waals surface area contributed by atoms with E-state index in [2.05, 4.69) is 6.07 Å². The topological polar surface area (TPSA) is 53.3 Å². The molecule has 1 unspecified atom stereocenters. The third-order valence-electron chi connectivity index (χ3n) is 3.31. The van der Waals surface area contributed by atoms with Crippen LogP contribution in [-0.4, -0.2) is 23.1 Å². The zero-order valence-electron chi connectivity index (χ0n) is 10.4. The van der Waals surface area contributed by atoms with Gasteiger partial charge in [0.05, 0.1) is 6.07 Å². The van der Waals surface area contributed by atoms with Crippen molar-refractivity contribution in [3.05, 3.63) is 35.9 Å². The van der Waals surface area contributed by atoms with Gasteiger partial charge in [-0.05, 0) is 25.3 Å². The third-order valence-corrected chi connectivity index (χ3v) is 3.31. The molecule has 1 aromatic rings. The maximum Gasteiger partial charge on any atom is 0.411 e. The summed E-state index contributed by atoms with van der Waals surface area (Å²) < 4.78 is 5.25. The summed E-state index contributed by atoms with van der Waals surface area (Å²) in [6.45, 7) is 2.62. The number of hydrogen-bond acceptors (Lipinski definition) is 3. The lowest BCUT2D eigenvalue weighted by molar-refractivity contribution is 0.0833. The van der Waals surface area contributed by atoms with Gasteiger partial charge in [-0.15, -0.1) is 0 Å². The minimum atomic E-state index is -0.715. The van der Waals surface area contributed by atoms with Crippen molar-refractivity contribution < 1.29 is 9.53 Å². The Morgan fingerprint density at radius 1 is 1.50 bits per heavy atom. The predicted molar refractivity (Wildman–Crippen MR) is 66.6 cm³/mol. The molecule has 2 rings (SSSR count). The molecule has 0 saturated carbocycles. The molecule has 1 amide bonds. The highest BCUT2D eigenvalue weighted by molar-refractivity contribution is 5.69. The first kappa shape index (κ1) is 12.4. The average molecular weight is 244 g/mol. The summed E-state index contributed by atoms with van der Waals surface area (Å²) in [6.07, 6.45) is 1.16. The van der Waals surface area contributed by atoms with E-state index in [0.29, 0.717) is 13.0 Å². The van der Waals surface area contributed by atoms with E-state index < -0.39 is 11.6 Å². The molecule has 0 spiro atoms. The lowest BCUT2D eigenvalue weighted by atomic mass is 10.0. The fourth-order valence-corrected chi connectivity index (χ4v) is 2.17. The largest absolute Gasteiger partial charge is 0.445 e. The molecule has 18 heavy (non-hydrogen) atoms. The van der Waals surface area contributed by atoms with Crippen LogP contribution < -0.4 is 0 Å². The molecule has 1 fully saturated rings. The number of nitriles is 1. The van der Waals surface area contributed by atoms with Gasteiger partial charge in [0, 0.05) is 6.54 Å². The van der Waals surface area contributed by atoms with Crippen LogP contribution in [0.15, 0.2) is 30.3 Å². The second-order valence-electron chi connectivity index (χ2n) is 4.68. The number of ether oxygens (including phenoxy) is 1. The molecule has 0 radical (unpaired) electrons. The molecule has 0 N–H and O–H groups in total. The third kappa shape index (κ3) is 2.45. The number of likely N-dealkylation sites (tertiary alicyclic amines) is 1. The number of carbonyl (C=O) groups is 1. The van der Waals surface area contributed by atoms with Gasteiger partial charge in [-0.2, -0.15) is 5.26 Å². The Hall–Kier alpha value is -2.02. The normalized spacial score (nSPS) is 22.6. The van der Waals surface area contributed by atoms with E-state index in [4.69, 9.17) is 10.00 Å². The molecule has 4 heteroatoms. The van der Waals surface area contributed by atoms with Crippen molar-refractivity contribution >= 4 is 6.09 Å². The van der Waals surface area contributed by atoms with Crippen molar-refractivity contribution in [2.45, 2.75) is 31.9 Å². The first-order valence-corrected chi connectivity index (χ1v) is 6.05. The monoisotopic (exact) mass is 244 g/mol. The molecular formula is C14H16N2O2. The van der Waals surface area contributed by atoms with Crippen molar-refractivity contribution in [3.8, 4) is 6.07 Å². The zero-order valence-corrected chi connectivity index (χ0v) is 10.4. The van der Waals surface area contributed by atoms with Gasteiger partial charge < -0.3 is 4.74 Å². The second-order valence-corrected chi connectivity index (χ2v) is 4.68. The highest BCUT2D eigenvalue weighted by Gasteiger charge is 2.40. The highest BCUT2D eigenvalue weighted by atomic mass is 16.6. The van der Waals surface area contributed by atoms with E-state index in [1.165, 1.54) is 4.90 Å². The van der Waals surface area contributed by atoms with Gasteiger partial charge in [0.2, 0.25) is 0 Å². The molecular weight excluding hydrogens is 228 g/mol. The zero-order chi connectivity index (χ0) is 13.0. The minimum absolute atomic E-state index is 0.248. The summed E-state index contributed by atoms with van der Waals surface area (Å²) in [5, 5.41) is 9.13. The predicted octanol–water partition coefficient (Wildman–Crippen LogP) is 2.70. The quantitative estimate of drug-likeness (QED) is 0.803. The highest BCUT2D eigenvalue weighted by Crippen LogP contribution is 2.28. The van der Waals surface area contributed by atoms with E-state index in [9.17, 15) is 4.79 Å². The summed E-state index contributed by atoms with van der Waals surface area (Å²) in [5.41, 5.74) is 0.233. The van der Waals surface area contributed by atoms with E-state index in [0.717, 1.165) is 12.0 Å². The number of rotatable bonds is 2. The van der Waals surface area contributed by atoms with E-state index in [-0.39, 0.29) is 6.61 Å². The van der Waals surface area contributed by atoms with Gasteiger partial charge in [-0.25, -0.2) is 4.79 Å². The summed E-state index contributed by atoms with van der Waals surface area (Å²) in [6, 6.07) is 11.7. The standard InChI is InChI=1S/C14H16N2O2/c1-14(11-15)8-5-9-16(14)13(17)18-10-12-6-3-2-4-7-12/h2-4,6-7H,5,8-10H2,1H3. The Morgan fingerprint density at radius 2 is 2.22 bits per heavy atom. The van der Waals surface area contributed by atoms with Crippen LogP contribution in [0.4, 0.5) is 4.79 Å². The van der Waals surface area contributed by atoms with Gasteiger partial charge in [0.1, 0.15) is 12.1 Å². The first-order valence-electron chi connectivity index (χ1n) is 6.05. The van der Waals surface area contributed by atoms with E-state index >= 15 is 0 Å². The maximum absolute atomic E-state index is 11.9. The molecule has 0 bridgehead atoms. The van der Waals surface area contributed by atoms with Crippen molar-refractivity contribution in [1.82, 2.24) is 4.90 Å². The van der Waals surface area contributed by atoms with E-state index in [1.807, 2.05) is 30.3 Å². The Kier molecular flexibility index (Phi) is 3.52. The average Bonchev–Trinajstić information content (AvgIpc) is 2.80. The van der Waals surface area contributed by atoms with Crippen LogP contribution in [0.2, 0.25) is 0 Å². The lowest BCUT2D eigenvalue weighted by Crippen LogP contribution is -2.44. The van der Waals surface area contributed by atoms with Crippen LogP contribution in [0, 0.1) is 11.3 Å². The van der Waals surface area contributed by atoms with Crippen molar-refractivity contribution in [1.29, 1.82) is 5.26 Å². The van der Waals surface area contributed by atoms with E-state index in [1.54, 1.807) is 6.92 Å². The van der Waals surface area contributed by atoms with Gasteiger partial charge in [0.15, 0.2) is 0 Å². The number of carbonyl (C=O) groups excluding carboxylic acids is 1. The molecule has 1 aliphatic heterocycles. The van der Waals surface area contributed by atoms with Crippen LogP contribution in [-0.2, 0) is 11.3 Å². The summed E-state index contributed by atoms with van der Waals surface area (Å²) in [5.74, 6) is 0. The number of hydrogen-bond donors (Lipinski definition) is 0. The SMILES string of the molecule is CC1(C#N)CCCN1C(=O)OCc1ccccc1. The molecule has 1 saturated heterocycles. The van der Waals surface area contributed by atoms with Crippen molar-refractivity contribution in [2.75, 3.05) is 6.54 Å². The molecule has 94 valence electrons. The van der Waals surface area contributed by atoms with Crippen LogP contribution in [0.5, 0.6) is 0 Å². The van der Waals surface area contributed by atoms with Crippen molar-refractivity contribution in [3.63, 3.8) is 0 Å². The fourth-order valence-electron chi connectivity index (χ4n) is 2.17. The van der Waals surface area contributed by atoms with Gasteiger partial charge in [0.25, 0.3) is 0 Å². The maximum atomic E-state index is 11.9. The van der Waals surface area contributed by atoms with Gasteiger partial charge in [-0.3, -0.25) is 4.90 Å². The lowest BCUT2D eigenvalue weighted by Gasteiger charge is -2.27. The van der Waals surface area contributed by atoms with Gasteiger partial charge >= 0.3 is 6.09 Å². The molecule has 0 aliphatic carbocycles. The molecule has 1 heterocycles. The number of amides is 1. The minimum Gasteiger partial charge on any atom is -0.445 e. The molecule has 1 aromatic carbocycles. The summed E-state index contributed by atoms with van der Waals surface area (Å²) in [7, 11) is 0. The van der Waals surface area contributed by atoms with Crippen LogP contribution in [0.25, 0.3) is 0 Å². The molecule has 0 aromatic heterocycles. The molecule has 1 atom stereocenters. The smallest absolute Gasteiger partial charge is 0.411 e. The van der Waals surface area contributed by atoms with Crippen molar-refractivity contribution in [2.24, 2.45) is 0 Å². The molecule has 1 aliphatic rings. The van der Waals surface area contributed by atoms with Crippen LogP contribution in [0.1, 0.15) is 25.3 Å². The van der Waals surface area contributed by atoms with Crippen LogP contribution in [0.3, 0.4) is 0 Å². The Balaban J connectivity index is 1.95. The first-order chi connectivity index (χ1) is 8.65. The second kappa shape index (κ2) is 5.09. The summed E-state index contributed by atoms with van der Waals surface area (Å²) in [4.78, 5) is 13.5. The fraction of sp³-hybridized carbons (Fsp3) is 0.429. The number of nitrogens with zero attached hydrogens (tertiary/aromatic N) is 2.